The summed E-state index contributed by atoms with van der Waals surface area (Å²) in [6.45, 7) is 1.54. The van der Waals surface area contributed by atoms with E-state index in [1.54, 1.807) is 19.4 Å². The third-order valence-electron chi connectivity index (χ3n) is 7.31. The first-order valence-electron chi connectivity index (χ1n) is 11.7. The maximum atomic E-state index is 14.0. The number of aliphatic hydroxyl groups is 1. The minimum Gasteiger partial charge on any atom is -0.496 e. The molecule has 1 aromatic carbocycles. The second kappa shape index (κ2) is 8.21. The molecule has 176 valence electrons. The molecule has 0 radical (unpaired) electrons. The summed E-state index contributed by atoms with van der Waals surface area (Å²) in [5.41, 5.74) is 4.45. The number of amides is 1. The van der Waals surface area contributed by atoms with Crippen LogP contribution in [-0.2, 0) is 4.79 Å². The van der Waals surface area contributed by atoms with Gasteiger partial charge in [0.2, 0.25) is 5.91 Å². The predicted octanol–water partition coefficient (Wildman–Crippen LogP) is 3.20. The molecule has 5 heterocycles. The molecule has 2 aromatic heterocycles. The van der Waals surface area contributed by atoms with E-state index in [-0.39, 0.29) is 29.9 Å². The Labute approximate surface area is 196 Å². The Balaban J connectivity index is 1.31. The predicted molar refractivity (Wildman–Crippen MR) is 127 cm³/mol. The van der Waals surface area contributed by atoms with Crippen molar-refractivity contribution in [2.45, 2.75) is 37.5 Å². The lowest BCUT2D eigenvalue weighted by atomic mass is 9.97. The number of aromatic nitrogens is 2. The molecule has 2 bridgehead atoms. The van der Waals surface area contributed by atoms with Gasteiger partial charge in [0.25, 0.3) is 0 Å². The molecule has 3 aliphatic heterocycles. The average Bonchev–Trinajstić information content (AvgIpc) is 3.36. The summed E-state index contributed by atoms with van der Waals surface area (Å²) in [6.07, 6.45) is 6.37. The van der Waals surface area contributed by atoms with Crippen molar-refractivity contribution in [3.8, 4) is 16.9 Å². The summed E-state index contributed by atoms with van der Waals surface area (Å²) in [7, 11) is 1.58. The third-order valence-corrected chi connectivity index (χ3v) is 7.31. The highest BCUT2D eigenvalue weighted by molar-refractivity contribution is 5.97. The number of β-amino-alcohol motifs (C(OH)–C–C–N with tert-alkyl or cyclic N) is 1. The fourth-order valence-electron chi connectivity index (χ4n) is 5.69. The van der Waals surface area contributed by atoms with Crippen molar-refractivity contribution in [2.24, 2.45) is 0 Å². The number of carbonyl (C=O) groups is 1. The zero-order chi connectivity index (χ0) is 23.4. The lowest BCUT2D eigenvalue weighted by Crippen LogP contribution is -2.56. The minimum atomic E-state index is -0.319. The van der Waals surface area contributed by atoms with Crippen LogP contribution in [0.3, 0.4) is 0 Å². The molecular weight excluding hydrogens is 435 g/mol. The van der Waals surface area contributed by atoms with Crippen LogP contribution < -0.4 is 4.74 Å². The van der Waals surface area contributed by atoms with E-state index in [1.807, 2.05) is 15.9 Å². The SMILES string of the molecule is COc1ccc(F)cc1-c1ccnc2[nH]c(C3=CC4CCC(C3)N4C(=O)CN3CC(O)C3)cc12. The quantitative estimate of drug-likeness (QED) is 0.609. The molecule has 0 saturated carbocycles. The van der Waals surface area contributed by atoms with Gasteiger partial charge >= 0.3 is 0 Å². The van der Waals surface area contributed by atoms with Gasteiger partial charge in [0.05, 0.1) is 25.8 Å². The van der Waals surface area contributed by atoms with Crippen LogP contribution in [0.25, 0.3) is 27.7 Å². The Hall–Kier alpha value is -3.23. The summed E-state index contributed by atoms with van der Waals surface area (Å²) in [4.78, 5) is 24.9. The number of hydrogen-bond acceptors (Lipinski definition) is 5. The van der Waals surface area contributed by atoms with Gasteiger partial charge in [-0.3, -0.25) is 9.69 Å². The number of rotatable bonds is 5. The number of likely N-dealkylation sites (tertiary alicyclic amines) is 1. The maximum Gasteiger partial charge on any atom is 0.237 e. The van der Waals surface area contributed by atoms with Gasteiger partial charge in [0.1, 0.15) is 17.2 Å². The number of hydrogen-bond donors (Lipinski definition) is 2. The minimum absolute atomic E-state index is 0.0922. The van der Waals surface area contributed by atoms with Crippen LogP contribution in [0.2, 0.25) is 0 Å². The number of ether oxygens (including phenoxy) is 1. The van der Waals surface area contributed by atoms with E-state index in [4.69, 9.17) is 4.74 Å². The van der Waals surface area contributed by atoms with E-state index in [2.05, 4.69) is 22.1 Å². The Kier molecular flexibility index (Phi) is 5.15. The van der Waals surface area contributed by atoms with Gasteiger partial charge in [-0.1, -0.05) is 6.08 Å². The van der Waals surface area contributed by atoms with Crippen LogP contribution in [0.1, 0.15) is 25.0 Å². The van der Waals surface area contributed by atoms with Gasteiger partial charge in [-0.05, 0) is 60.7 Å². The van der Waals surface area contributed by atoms with Crippen LogP contribution in [0.4, 0.5) is 4.39 Å². The number of benzene rings is 1. The smallest absolute Gasteiger partial charge is 0.237 e. The molecule has 2 atom stereocenters. The molecule has 0 spiro atoms. The van der Waals surface area contributed by atoms with Gasteiger partial charge < -0.3 is 19.7 Å². The number of fused-ring (bicyclic) bond motifs is 3. The summed E-state index contributed by atoms with van der Waals surface area (Å²) in [5, 5.41) is 10.4. The second-order valence-corrected chi connectivity index (χ2v) is 9.49. The zero-order valence-electron chi connectivity index (χ0n) is 19.0. The largest absolute Gasteiger partial charge is 0.496 e. The number of H-pyrrole nitrogens is 1. The summed E-state index contributed by atoms with van der Waals surface area (Å²) >= 11 is 0. The Bertz CT molecular complexity index is 1300. The first kappa shape index (κ1) is 21.3. The average molecular weight is 463 g/mol. The lowest BCUT2D eigenvalue weighted by Gasteiger charge is -2.39. The van der Waals surface area contributed by atoms with E-state index >= 15 is 0 Å². The first-order valence-corrected chi connectivity index (χ1v) is 11.7. The molecule has 8 heteroatoms. The van der Waals surface area contributed by atoms with Crippen molar-refractivity contribution in [3.05, 3.63) is 54.1 Å². The van der Waals surface area contributed by atoms with E-state index in [9.17, 15) is 14.3 Å². The molecule has 34 heavy (non-hydrogen) atoms. The number of methoxy groups -OCH3 is 1. The molecule has 2 unspecified atom stereocenters. The highest BCUT2D eigenvalue weighted by atomic mass is 19.1. The second-order valence-electron chi connectivity index (χ2n) is 9.49. The highest BCUT2D eigenvalue weighted by Gasteiger charge is 2.41. The lowest BCUT2D eigenvalue weighted by molar-refractivity contribution is -0.137. The molecule has 3 aromatic rings. The molecule has 7 nitrogen and oxygen atoms in total. The topological polar surface area (TPSA) is 81.7 Å². The highest BCUT2D eigenvalue weighted by Crippen LogP contribution is 2.41. The van der Waals surface area contributed by atoms with E-state index in [1.165, 1.54) is 17.7 Å². The fourth-order valence-corrected chi connectivity index (χ4v) is 5.69. The first-order chi connectivity index (χ1) is 16.5. The number of nitrogens with zero attached hydrogens (tertiary/aromatic N) is 3. The third kappa shape index (κ3) is 3.58. The number of pyridine rings is 1. The number of aliphatic hydroxyl groups excluding tert-OH is 1. The maximum absolute atomic E-state index is 14.0. The van der Waals surface area contributed by atoms with Crippen molar-refractivity contribution in [1.29, 1.82) is 0 Å². The molecule has 3 aliphatic rings. The molecule has 2 N–H and O–H groups in total. The Morgan fingerprint density at radius 1 is 1.24 bits per heavy atom. The molecule has 2 fully saturated rings. The van der Waals surface area contributed by atoms with Crippen molar-refractivity contribution in [2.75, 3.05) is 26.7 Å². The van der Waals surface area contributed by atoms with Gasteiger partial charge in [0.15, 0.2) is 0 Å². The number of aromatic amines is 1. The number of carbonyl (C=O) groups excluding carboxylic acids is 1. The summed E-state index contributed by atoms with van der Waals surface area (Å²) < 4.78 is 19.5. The molecule has 2 saturated heterocycles. The van der Waals surface area contributed by atoms with E-state index < -0.39 is 0 Å². The van der Waals surface area contributed by atoms with Crippen LogP contribution in [0, 0.1) is 5.82 Å². The van der Waals surface area contributed by atoms with Crippen molar-refractivity contribution < 1.29 is 19.0 Å². The Morgan fingerprint density at radius 2 is 2.09 bits per heavy atom. The fraction of sp³-hybridized carbons (Fsp3) is 0.385. The van der Waals surface area contributed by atoms with Crippen molar-refractivity contribution in [1.82, 2.24) is 19.8 Å². The molecule has 1 amide bonds. The number of nitrogens with one attached hydrogen (secondary N) is 1. The van der Waals surface area contributed by atoms with Crippen LogP contribution in [-0.4, -0.2) is 75.7 Å². The van der Waals surface area contributed by atoms with Gasteiger partial charge in [-0.25, -0.2) is 9.37 Å². The van der Waals surface area contributed by atoms with Crippen LogP contribution in [0.5, 0.6) is 5.75 Å². The van der Waals surface area contributed by atoms with Gasteiger partial charge in [-0.15, -0.1) is 0 Å². The number of halogens is 1. The standard InChI is InChI=1S/C26H27FN4O3/c1-34-24-5-2-16(27)10-21(24)20-6-7-28-26-22(20)11-23(29-26)15-8-17-3-4-18(9-15)31(17)25(33)14-30-12-19(32)13-30/h2,5-8,10-11,17-19,32H,3-4,9,12-14H2,1H3,(H,28,29). The molecule has 6 rings (SSSR count). The Morgan fingerprint density at radius 3 is 2.85 bits per heavy atom. The normalized spacial score (nSPS) is 22.7. The van der Waals surface area contributed by atoms with E-state index in [0.717, 1.165) is 41.6 Å². The summed E-state index contributed by atoms with van der Waals surface area (Å²) in [6, 6.07) is 8.75. The molecule has 0 aliphatic carbocycles. The van der Waals surface area contributed by atoms with Crippen LogP contribution in [0.15, 0.2) is 42.6 Å². The van der Waals surface area contributed by atoms with Crippen molar-refractivity contribution in [3.63, 3.8) is 0 Å². The zero-order valence-corrected chi connectivity index (χ0v) is 19.0. The van der Waals surface area contributed by atoms with Crippen LogP contribution >= 0.6 is 0 Å². The van der Waals surface area contributed by atoms with Gasteiger partial charge in [-0.2, -0.15) is 0 Å². The van der Waals surface area contributed by atoms with Gasteiger partial charge in [0, 0.05) is 42.0 Å². The molecular formula is C26H27FN4O3. The van der Waals surface area contributed by atoms with E-state index in [0.29, 0.717) is 30.9 Å². The summed E-state index contributed by atoms with van der Waals surface area (Å²) in [5.74, 6) is 0.435. The monoisotopic (exact) mass is 462 g/mol. The van der Waals surface area contributed by atoms with Crippen molar-refractivity contribution >= 4 is 22.5 Å².